The molecule has 0 atom stereocenters. The van der Waals surface area contributed by atoms with Crippen molar-refractivity contribution in [2.45, 2.75) is 6.92 Å². The second-order valence-corrected chi connectivity index (χ2v) is 6.15. The van der Waals surface area contributed by atoms with Crippen LogP contribution >= 0.6 is 23.2 Å². The summed E-state index contributed by atoms with van der Waals surface area (Å²) in [6.45, 7) is 1.62. The van der Waals surface area contributed by atoms with Gasteiger partial charge in [0.25, 0.3) is 5.91 Å². The lowest BCUT2D eigenvalue weighted by molar-refractivity contribution is 0.102. The van der Waals surface area contributed by atoms with Crippen molar-refractivity contribution in [2.75, 3.05) is 11.1 Å². The first kappa shape index (κ1) is 18.0. The van der Waals surface area contributed by atoms with Crippen molar-refractivity contribution in [3.8, 4) is 17.0 Å². The lowest BCUT2D eigenvalue weighted by Crippen LogP contribution is -2.13. The molecule has 134 valence electrons. The van der Waals surface area contributed by atoms with Crippen molar-refractivity contribution in [3.63, 3.8) is 0 Å². The molecule has 3 rings (SSSR count). The number of phenolic OH excluding ortho intramolecular Hbond substituents is 1. The second kappa shape index (κ2) is 6.81. The van der Waals surface area contributed by atoms with Gasteiger partial charge in [0.05, 0.1) is 22.0 Å². The Balaban J connectivity index is 1.96. The smallest absolute Gasteiger partial charge is 0.259 e. The van der Waals surface area contributed by atoms with Crippen molar-refractivity contribution >= 4 is 40.6 Å². The SMILES string of the molecule is Cc1n[nH]c(Cl)c1NC(=O)c1cc(F)c(-c2ccc(Cl)c(N)n2)cc1O. The van der Waals surface area contributed by atoms with E-state index in [1.54, 1.807) is 6.92 Å². The molecule has 0 aliphatic heterocycles. The number of aromatic amines is 1. The Morgan fingerprint density at radius 3 is 2.69 bits per heavy atom. The maximum Gasteiger partial charge on any atom is 0.259 e. The van der Waals surface area contributed by atoms with Crippen molar-refractivity contribution < 1.29 is 14.3 Å². The van der Waals surface area contributed by atoms with Gasteiger partial charge in [0, 0.05) is 5.56 Å². The fourth-order valence-corrected chi connectivity index (χ4v) is 2.61. The van der Waals surface area contributed by atoms with E-state index in [9.17, 15) is 14.3 Å². The first-order chi connectivity index (χ1) is 12.3. The van der Waals surface area contributed by atoms with Crippen LogP contribution in [0, 0.1) is 12.7 Å². The van der Waals surface area contributed by atoms with E-state index >= 15 is 0 Å². The average molecular weight is 396 g/mol. The zero-order valence-corrected chi connectivity index (χ0v) is 14.8. The maximum absolute atomic E-state index is 14.5. The number of halogens is 3. The summed E-state index contributed by atoms with van der Waals surface area (Å²) < 4.78 is 14.5. The number of anilines is 2. The molecule has 7 nitrogen and oxygen atoms in total. The third kappa shape index (κ3) is 3.29. The number of amides is 1. The molecular formula is C16H12Cl2FN5O2. The molecule has 0 fully saturated rings. The van der Waals surface area contributed by atoms with Crippen LogP contribution in [0.15, 0.2) is 24.3 Å². The van der Waals surface area contributed by atoms with Gasteiger partial charge in [-0.2, -0.15) is 5.10 Å². The highest BCUT2D eigenvalue weighted by Crippen LogP contribution is 2.31. The summed E-state index contributed by atoms with van der Waals surface area (Å²) in [7, 11) is 0. The zero-order valence-electron chi connectivity index (χ0n) is 13.3. The van der Waals surface area contributed by atoms with Crippen molar-refractivity contribution in [3.05, 3.63) is 51.5 Å². The van der Waals surface area contributed by atoms with Crippen molar-refractivity contribution in [1.82, 2.24) is 15.2 Å². The van der Waals surface area contributed by atoms with E-state index in [0.29, 0.717) is 5.69 Å². The number of hydrogen-bond donors (Lipinski definition) is 4. The van der Waals surface area contributed by atoms with Crippen LogP contribution in [-0.2, 0) is 0 Å². The van der Waals surface area contributed by atoms with E-state index in [4.69, 9.17) is 28.9 Å². The van der Waals surface area contributed by atoms with Gasteiger partial charge in [-0.1, -0.05) is 23.2 Å². The van der Waals surface area contributed by atoms with Gasteiger partial charge in [0.15, 0.2) is 0 Å². The van der Waals surface area contributed by atoms with Crippen LogP contribution in [0.3, 0.4) is 0 Å². The van der Waals surface area contributed by atoms with Gasteiger partial charge >= 0.3 is 0 Å². The number of nitrogen functional groups attached to an aromatic ring is 1. The molecule has 0 saturated heterocycles. The number of rotatable bonds is 3. The van der Waals surface area contributed by atoms with Crippen LogP contribution in [0.2, 0.25) is 10.2 Å². The summed E-state index contributed by atoms with van der Waals surface area (Å²) in [5.41, 5.74) is 6.17. The van der Waals surface area contributed by atoms with Crippen LogP contribution < -0.4 is 11.1 Å². The maximum atomic E-state index is 14.5. The third-order valence-corrected chi connectivity index (χ3v) is 4.21. The normalized spacial score (nSPS) is 10.8. The number of nitrogens with zero attached hydrogens (tertiary/aromatic N) is 2. The number of hydrogen-bond acceptors (Lipinski definition) is 5. The van der Waals surface area contributed by atoms with Crippen molar-refractivity contribution in [1.29, 1.82) is 0 Å². The highest BCUT2D eigenvalue weighted by molar-refractivity contribution is 6.33. The molecular weight excluding hydrogens is 384 g/mol. The highest BCUT2D eigenvalue weighted by Gasteiger charge is 2.20. The predicted octanol–water partition coefficient (Wildman–Crippen LogP) is 3.77. The topological polar surface area (TPSA) is 117 Å². The van der Waals surface area contributed by atoms with Gasteiger partial charge < -0.3 is 16.2 Å². The Morgan fingerprint density at radius 2 is 2.08 bits per heavy atom. The molecule has 3 aromatic rings. The zero-order chi connectivity index (χ0) is 19.0. The number of nitrogens with two attached hydrogens (primary N) is 1. The fourth-order valence-electron chi connectivity index (χ4n) is 2.28. The minimum absolute atomic E-state index is 0.0231. The minimum atomic E-state index is -0.766. The largest absolute Gasteiger partial charge is 0.507 e. The number of aromatic nitrogens is 3. The van der Waals surface area contributed by atoms with Crippen LogP contribution in [0.5, 0.6) is 5.75 Å². The lowest BCUT2D eigenvalue weighted by Gasteiger charge is -2.10. The molecule has 0 aliphatic rings. The molecule has 0 radical (unpaired) electrons. The fraction of sp³-hybridized carbons (Fsp3) is 0.0625. The number of carbonyl (C=O) groups excluding carboxylic acids is 1. The summed E-state index contributed by atoms with van der Waals surface area (Å²) in [6.07, 6.45) is 0. The molecule has 10 heteroatoms. The highest BCUT2D eigenvalue weighted by atomic mass is 35.5. The quantitative estimate of drug-likeness (QED) is 0.538. The molecule has 1 amide bonds. The molecule has 5 N–H and O–H groups in total. The number of H-pyrrole nitrogens is 1. The Hall–Kier alpha value is -2.84. The molecule has 2 aromatic heterocycles. The predicted molar refractivity (Wildman–Crippen MR) is 97.0 cm³/mol. The third-order valence-electron chi connectivity index (χ3n) is 3.62. The van der Waals surface area contributed by atoms with Crippen molar-refractivity contribution in [2.24, 2.45) is 0 Å². The number of carbonyl (C=O) groups is 1. The molecule has 0 unspecified atom stereocenters. The first-order valence-corrected chi connectivity index (χ1v) is 8.00. The Morgan fingerprint density at radius 1 is 1.35 bits per heavy atom. The number of nitrogens with one attached hydrogen (secondary N) is 2. The summed E-state index contributed by atoms with van der Waals surface area (Å²) in [4.78, 5) is 16.3. The monoisotopic (exact) mass is 395 g/mol. The molecule has 0 spiro atoms. The van der Waals surface area contributed by atoms with Crippen LogP contribution in [0.25, 0.3) is 11.3 Å². The van der Waals surface area contributed by atoms with E-state index in [-0.39, 0.29) is 38.5 Å². The van der Waals surface area contributed by atoms with Gasteiger partial charge in [-0.3, -0.25) is 9.89 Å². The average Bonchev–Trinajstić information content (AvgIpc) is 2.91. The standard InChI is InChI=1S/C16H12Cl2FN5O2/c1-6-13(14(18)24-23-6)22-16(26)8-4-10(19)7(5-12(8)25)11-3-2-9(17)15(20)21-11/h2-5,25H,1H3,(H2,20,21)(H,22,26)(H,23,24). The molecule has 1 aromatic carbocycles. The Kier molecular flexibility index (Phi) is 4.71. The molecule has 0 aliphatic carbocycles. The number of pyridine rings is 1. The second-order valence-electron chi connectivity index (χ2n) is 5.36. The van der Waals surface area contributed by atoms with E-state index in [1.165, 1.54) is 12.1 Å². The molecule has 2 heterocycles. The number of aryl methyl sites for hydroxylation is 1. The summed E-state index contributed by atoms with van der Waals surface area (Å²) in [5, 5.41) is 19.3. The number of benzene rings is 1. The van der Waals surface area contributed by atoms with Gasteiger partial charge in [0.1, 0.15) is 28.2 Å². The van der Waals surface area contributed by atoms with E-state index < -0.39 is 17.5 Å². The number of phenols is 1. The van der Waals surface area contributed by atoms with Gasteiger partial charge in [-0.25, -0.2) is 9.37 Å². The van der Waals surface area contributed by atoms with Crippen LogP contribution in [0.1, 0.15) is 16.1 Å². The first-order valence-electron chi connectivity index (χ1n) is 7.24. The van der Waals surface area contributed by atoms with Gasteiger partial charge in [0.2, 0.25) is 0 Å². The Labute approximate surface area is 157 Å². The molecule has 0 saturated carbocycles. The van der Waals surface area contributed by atoms with Crippen LogP contribution in [-0.4, -0.2) is 26.2 Å². The summed E-state index contributed by atoms with van der Waals surface area (Å²) >= 11 is 11.7. The minimum Gasteiger partial charge on any atom is -0.507 e. The lowest BCUT2D eigenvalue weighted by atomic mass is 10.1. The summed E-state index contributed by atoms with van der Waals surface area (Å²) in [6, 6.07) is 4.89. The van der Waals surface area contributed by atoms with Crippen LogP contribution in [0.4, 0.5) is 15.9 Å². The Bertz CT molecular complexity index is 1000. The van der Waals surface area contributed by atoms with E-state index in [1.807, 2.05) is 0 Å². The summed E-state index contributed by atoms with van der Waals surface area (Å²) in [5.74, 6) is -1.93. The van der Waals surface area contributed by atoms with Gasteiger partial charge in [-0.05, 0) is 31.2 Å². The molecule has 26 heavy (non-hydrogen) atoms. The van der Waals surface area contributed by atoms with E-state index in [2.05, 4.69) is 20.5 Å². The number of aromatic hydroxyl groups is 1. The van der Waals surface area contributed by atoms with E-state index in [0.717, 1.165) is 12.1 Å². The van der Waals surface area contributed by atoms with Gasteiger partial charge in [-0.15, -0.1) is 0 Å². The molecule has 0 bridgehead atoms.